The number of benzene rings is 1. The zero-order valence-electron chi connectivity index (χ0n) is 11.0. The molecule has 0 bridgehead atoms. The maximum atomic E-state index is 6.19. The second kappa shape index (κ2) is 6.03. The lowest BCUT2D eigenvalue weighted by Gasteiger charge is -2.09. The van der Waals surface area contributed by atoms with Gasteiger partial charge in [-0.2, -0.15) is 0 Å². The summed E-state index contributed by atoms with van der Waals surface area (Å²) >= 11 is 6.19. The zero-order valence-corrected chi connectivity index (χ0v) is 11.7. The van der Waals surface area contributed by atoms with Crippen LogP contribution in [0.2, 0.25) is 5.02 Å². The Balaban J connectivity index is 1.67. The number of rotatable bonds is 5. The Labute approximate surface area is 122 Å². The van der Waals surface area contributed by atoms with E-state index in [0.717, 1.165) is 41.1 Å². The van der Waals surface area contributed by atoms with Crippen LogP contribution in [0.15, 0.2) is 49.2 Å². The number of nitrogens with zero attached hydrogens (tertiary/aromatic N) is 3. The van der Waals surface area contributed by atoms with Gasteiger partial charge in [0.25, 0.3) is 0 Å². The molecular weight excluding hydrogens is 272 g/mol. The normalized spacial score (nSPS) is 11.1. The number of halogens is 1. The molecule has 102 valence electrons. The van der Waals surface area contributed by atoms with Crippen molar-refractivity contribution < 1.29 is 0 Å². The highest BCUT2D eigenvalue weighted by Crippen LogP contribution is 2.24. The monoisotopic (exact) mass is 286 g/mol. The Bertz CT molecular complexity index is 694. The summed E-state index contributed by atoms with van der Waals surface area (Å²) in [6.45, 7) is 2.56. The van der Waals surface area contributed by atoms with Gasteiger partial charge in [-0.25, -0.2) is 4.98 Å². The fourth-order valence-electron chi connectivity index (χ4n) is 2.19. The smallest absolute Gasteiger partial charge is 0.0946 e. The van der Waals surface area contributed by atoms with Crippen molar-refractivity contribution in [3.8, 4) is 0 Å². The van der Waals surface area contributed by atoms with Crippen molar-refractivity contribution in [1.29, 1.82) is 0 Å². The van der Waals surface area contributed by atoms with Crippen LogP contribution < -0.4 is 5.32 Å². The van der Waals surface area contributed by atoms with Crippen LogP contribution in [0.25, 0.3) is 10.9 Å². The lowest BCUT2D eigenvalue weighted by atomic mass is 10.1. The summed E-state index contributed by atoms with van der Waals surface area (Å²) in [5, 5.41) is 5.17. The third-order valence-electron chi connectivity index (χ3n) is 3.22. The third kappa shape index (κ3) is 2.81. The van der Waals surface area contributed by atoms with Crippen molar-refractivity contribution >= 4 is 22.5 Å². The van der Waals surface area contributed by atoms with Gasteiger partial charge >= 0.3 is 0 Å². The van der Waals surface area contributed by atoms with Crippen molar-refractivity contribution in [3.05, 3.63) is 59.8 Å². The first-order valence-corrected chi connectivity index (χ1v) is 6.91. The molecule has 0 unspecified atom stereocenters. The largest absolute Gasteiger partial charge is 0.336 e. The maximum absolute atomic E-state index is 6.19. The summed E-state index contributed by atoms with van der Waals surface area (Å²) in [6.07, 6.45) is 7.37. The van der Waals surface area contributed by atoms with Gasteiger partial charge in [-0.15, -0.1) is 0 Å². The number of fused-ring (bicyclic) bond motifs is 1. The van der Waals surface area contributed by atoms with Crippen LogP contribution in [-0.2, 0) is 13.1 Å². The molecular formula is C15H15ClN4. The van der Waals surface area contributed by atoms with Crippen LogP contribution in [0.3, 0.4) is 0 Å². The third-order valence-corrected chi connectivity index (χ3v) is 3.55. The second-order valence-corrected chi connectivity index (χ2v) is 4.99. The van der Waals surface area contributed by atoms with Gasteiger partial charge in [0.05, 0.1) is 11.8 Å². The van der Waals surface area contributed by atoms with Crippen LogP contribution in [0.1, 0.15) is 5.56 Å². The van der Waals surface area contributed by atoms with Crippen molar-refractivity contribution in [2.24, 2.45) is 0 Å². The van der Waals surface area contributed by atoms with Gasteiger partial charge in [-0.05, 0) is 23.8 Å². The molecule has 5 heteroatoms. The highest BCUT2D eigenvalue weighted by atomic mass is 35.5. The Morgan fingerprint density at radius 2 is 2.15 bits per heavy atom. The molecule has 2 aromatic heterocycles. The molecule has 3 aromatic rings. The molecule has 0 radical (unpaired) electrons. The number of pyridine rings is 1. The number of hydrogen-bond acceptors (Lipinski definition) is 3. The number of imidazole rings is 1. The molecule has 20 heavy (non-hydrogen) atoms. The van der Waals surface area contributed by atoms with E-state index >= 15 is 0 Å². The van der Waals surface area contributed by atoms with Crippen molar-refractivity contribution in [2.45, 2.75) is 13.1 Å². The van der Waals surface area contributed by atoms with E-state index in [0.29, 0.717) is 0 Å². The topological polar surface area (TPSA) is 42.7 Å². The van der Waals surface area contributed by atoms with Crippen LogP contribution in [0.5, 0.6) is 0 Å². The minimum Gasteiger partial charge on any atom is -0.336 e. The van der Waals surface area contributed by atoms with Crippen LogP contribution >= 0.6 is 11.6 Å². The first kappa shape index (κ1) is 13.1. The Morgan fingerprint density at radius 3 is 3.00 bits per heavy atom. The van der Waals surface area contributed by atoms with Crippen molar-refractivity contribution in [1.82, 2.24) is 19.9 Å². The van der Waals surface area contributed by atoms with E-state index in [1.807, 2.05) is 41.4 Å². The molecule has 0 atom stereocenters. The summed E-state index contributed by atoms with van der Waals surface area (Å²) in [7, 11) is 0. The van der Waals surface area contributed by atoms with E-state index in [9.17, 15) is 0 Å². The fraction of sp³-hybridized carbons (Fsp3) is 0.200. The molecule has 0 fully saturated rings. The molecule has 4 nitrogen and oxygen atoms in total. The van der Waals surface area contributed by atoms with Crippen LogP contribution in [-0.4, -0.2) is 21.1 Å². The predicted octanol–water partition coefficient (Wildman–Crippen LogP) is 2.87. The molecule has 0 aliphatic carbocycles. The lowest BCUT2D eigenvalue weighted by molar-refractivity contribution is 0.598. The molecule has 0 aliphatic heterocycles. The highest BCUT2D eigenvalue weighted by Gasteiger charge is 2.05. The lowest BCUT2D eigenvalue weighted by Crippen LogP contribution is -2.19. The fourth-order valence-corrected chi connectivity index (χ4v) is 2.40. The number of nitrogens with one attached hydrogen (secondary N) is 1. The van der Waals surface area contributed by atoms with E-state index in [1.165, 1.54) is 0 Å². The van der Waals surface area contributed by atoms with Crippen LogP contribution in [0, 0.1) is 0 Å². The second-order valence-electron chi connectivity index (χ2n) is 4.58. The average Bonchev–Trinajstić information content (AvgIpc) is 2.99. The first-order valence-electron chi connectivity index (χ1n) is 6.53. The summed E-state index contributed by atoms with van der Waals surface area (Å²) in [5.74, 6) is 0. The minimum atomic E-state index is 0.746. The molecule has 0 saturated carbocycles. The molecule has 3 rings (SSSR count). The van der Waals surface area contributed by atoms with Gasteiger partial charge in [-0.3, -0.25) is 4.98 Å². The SMILES string of the molecule is Clc1ccc(CNCCn2ccnc2)c2ncccc12. The van der Waals surface area contributed by atoms with E-state index in [-0.39, 0.29) is 0 Å². The average molecular weight is 287 g/mol. The van der Waals surface area contributed by atoms with Gasteiger partial charge < -0.3 is 9.88 Å². The molecule has 0 spiro atoms. The van der Waals surface area contributed by atoms with Gasteiger partial charge in [0, 0.05) is 48.6 Å². The zero-order chi connectivity index (χ0) is 13.8. The number of aromatic nitrogens is 3. The van der Waals surface area contributed by atoms with E-state index in [2.05, 4.69) is 15.3 Å². The van der Waals surface area contributed by atoms with Crippen LogP contribution in [0.4, 0.5) is 0 Å². The Kier molecular flexibility index (Phi) is 3.95. The predicted molar refractivity (Wildman–Crippen MR) is 80.7 cm³/mol. The summed E-state index contributed by atoms with van der Waals surface area (Å²) < 4.78 is 2.05. The van der Waals surface area contributed by atoms with Crippen molar-refractivity contribution in [2.75, 3.05) is 6.54 Å². The summed E-state index contributed by atoms with van der Waals surface area (Å²) in [6, 6.07) is 7.87. The molecule has 0 aliphatic rings. The van der Waals surface area contributed by atoms with Gasteiger partial charge in [0.2, 0.25) is 0 Å². The van der Waals surface area contributed by atoms with E-state index in [1.54, 1.807) is 12.4 Å². The van der Waals surface area contributed by atoms with E-state index < -0.39 is 0 Å². The van der Waals surface area contributed by atoms with Gasteiger partial charge in [-0.1, -0.05) is 17.7 Å². The Hall–Kier alpha value is -1.91. The molecule has 1 aromatic carbocycles. The van der Waals surface area contributed by atoms with Crippen molar-refractivity contribution in [3.63, 3.8) is 0 Å². The standard InChI is InChI=1S/C15H15ClN4/c16-14-4-3-12(15-13(14)2-1-5-19-15)10-17-6-8-20-9-7-18-11-20/h1-5,7,9,11,17H,6,8,10H2. The van der Waals surface area contributed by atoms with E-state index in [4.69, 9.17) is 11.6 Å². The first-order chi connectivity index (χ1) is 9.84. The highest BCUT2D eigenvalue weighted by molar-refractivity contribution is 6.35. The minimum absolute atomic E-state index is 0.746. The summed E-state index contributed by atoms with van der Waals surface area (Å²) in [4.78, 5) is 8.45. The quantitative estimate of drug-likeness (QED) is 0.734. The molecule has 0 saturated heterocycles. The molecule has 2 heterocycles. The summed E-state index contributed by atoms with van der Waals surface area (Å²) in [5.41, 5.74) is 2.13. The number of hydrogen-bond donors (Lipinski definition) is 1. The molecule has 1 N–H and O–H groups in total. The molecule has 0 amide bonds. The maximum Gasteiger partial charge on any atom is 0.0946 e. The Morgan fingerprint density at radius 1 is 1.20 bits per heavy atom. The van der Waals surface area contributed by atoms with Gasteiger partial charge in [0.15, 0.2) is 0 Å². The van der Waals surface area contributed by atoms with Gasteiger partial charge in [0.1, 0.15) is 0 Å².